The molecule has 0 spiro atoms. The summed E-state index contributed by atoms with van der Waals surface area (Å²) in [5, 5.41) is 0.164. The fourth-order valence-corrected chi connectivity index (χ4v) is 5.09. The third kappa shape index (κ3) is 5.47. The second kappa shape index (κ2) is 9.43. The first-order valence-corrected chi connectivity index (χ1v) is 12.4. The molecule has 1 aliphatic heterocycles. The third-order valence-electron chi connectivity index (χ3n) is 4.80. The van der Waals surface area contributed by atoms with Crippen molar-refractivity contribution in [1.29, 1.82) is 0 Å². The van der Waals surface area contributed by atoms with Crippen molar-refractivity contribution in [2.45, 2.75) is 18.4 Å². The molecule has 0 radical (unpaired) electrons. The summed E-state index contributed by atoms with van der Waals surface area (Å²) in [6.07, 6.45) is 1.58. The Morgan fingerprint density at radius 3 is 2.36 bits per heavy atom. The van der Waals surface area contributed by atoms with Crippen LogP contribution < -0.4 is 4.18 Å². The number of halogens is 1. The maximum Gasteiger partial charge on any atom is 0.339 e. The van der Waals surface area contributed by atoms with Gasteiger partial charge < -0.3 is 4.18 Å². The van der Waals surface area contributed by atoms with Crippen LogP contribution in [0, 0.1) is 6.92 Å². The molecule has 4 rings (SSSR count). The smallest absolute Gasteiger partial charge is 0.339 e. The molecule has 33 heavy (non-hydrogen) atoms. The van der Waals surface area contributed by atoms with E-state index in [2.05, 4.69) is 0 Å². The van der Waals surface area contributed by atoms with E-state index in [-0.39, 0.29) is 27.3 Å². The molecule has 1 aliphatic rings. The van der Waals surface area contributed by atoms with Crippen LogP contribution in [0.25, 0.3) is 6.08 Å². The minimum atomic E-state index is -3.96. The predicted octanol–water partition coefficient (Wildman–Crippen LogP) is 5.65. The Morgan fingerprint density at radius 1 is 1.00 bits per heavy atom. The van der Waals surface area contributed by atoms with Gasteiger partial charge in [-0.15, -0.1) is 0 Å². The fraction of sp³-hybridized carbons (Fsp3) is 0.0833. The molecular weight excluding hydrogens is 482 g/mol. The van der Waals surface area contributed by atoms with Crippen molar-refractivity contribution in [3.8, 4) is 5.75 Å². The van der Waals surface area contributed by atoms with Crippen molar-refractivity contribution in [2.24, 2.45) is 0 Å². The van der Waals surface area contributed by atoms with E-state index in [0.29, 0.717) is 10.6 Å². The van der Waals surface area contributed by atoms with Crippen LogP contribution in [0.2, 0.25) is 5.02 Å². The van der Waals surface area contributed by atoms with Gasteiger partial charge in [0.15, 0.2) is 0 Å². The lowest BCUT2D eigenvalue weighted by molar-refractivity contribution is -0.123. The number of hydrogen-bond acceptors (Lipinski definition) is 6. The zero-order chi connectivity index (χ0) is 23.6. The summed E-state index contributed by atoms with van der Waals surface area (Å²) in [5.74, 6) is -0.256. The average Bonchev–Trinajstić information content (AvgIpc) is 3.02. The number of benzene rings is 3. The number of thioether (sulfide) groups is 1. The minimum Gasteiger partial charge on any atom is -0.379 e. The number of aryl methyl sites for hydroxylation is 1. The summed E-state index contributed by atoms with van der Waals surface area (Å²) in [5.41, 5.74) is 2.32. The molecule has 2 amide bonds. The highest BCUT2D eigenvalue weighted by molar-refractivity contribution is 8.18. The standard InChI is InChI=1S/C24H18ClNO5S2/c1-16-5-11-21(12-6-16)33(29,30)31-20-9-7-17(8-10-20)14-22-23(27)26(24(28)32-22)15-18-3-2-4-19(25)13-18/h2-14H,15H2,1H3/b22-14-. The number of amides is 2. The van der Waals surface area contributed by atoms with Crippen LogP contribution in [0.1, 0.15) is 16.7 Å². The SMILES string of the molecule is Cc1ccc(S(=O)(=O)Oc2ccc(/C=C3\SC(=O)N(Cc4cccc(Cl)c4)C3=O)cc2)cc1. The second-order valence-corrected chi connectivity index (χ2v) is 10.3. The fourth-order valence-electron chi connectivity index (χ4n) is 3.10. The van der Waals surface area contributed by atoms with Gasteiger partial charge in [0.05, 0.1) is 11.4 Å². The Morgan fingerprint density at radius 2 is 1.70 bits per heavy atom. The molecule has 168 valence electrons. The van der Waals surface area contributed by atoms with E-state index in [4.69, 9.17) is 15.8 Å². The minimum absolute atomic E-state index is 0.0607. The molecule has 0 aromatic heterocycles. The van der Waals surface area contributed by atoms with E-state index in [1.165, 1.54) is 24.3 Å². The van der Waals surface area contributed by atoms with E-state index in [0.717, 1.165) is 27.8 Å². The molecule has 3 aromatic rings. The van der Waals surface area contributed by atoms with Gasteiger partial charge in [0.2, 0.25) is 0 Å². The van der Waals surface area contributed by atoms with Gasteiger partial charge >= 0.3 is 10.1 Å². The van der Waals surface area contributed by atoms with Crippen LogP contribution in [-0.2, 0) is 21.5 Å². The summed E-state index contributed by atoms with van der Waals surface area (Å²) in [6, 6.07) is 19.6. The normalized spacial score (nSPS) is 15.3. The van der Waals surface area contributed by atoms with Crippen molar-refractivity contribution >= 4 is 50.7 Å². The van der Waals surface area contributed by atoms with Crippen LogP contribution in [-0.4, -0.2) is 24.5 Å². The number of carbonyl (C=O) groups excluding carboxylic acids is 2. The Balaban J connectivity index is 1.47. The summed E-state index contributed by atoms with van der Waals surface area (Å²) in [7, 11) is -3.96. The van der Waals surface area contributed by atoms with Gasteiger partial charge in [0.25, 0.3) is 11.1 Å². The molecule has 0 N–H and O–H groups in total. The zero-order valence-electron chi connectivity index (χ0n) is 17.4. The van der Waals surface area contributed by atoms with Crippen molar-refractivity contribution < 1.29 is 22.2 Å². The van der Waals surface area contributed by atoms with Gasteiger partial charge in [0, 0.05) is 5.02 Å². The molecule has 0 unspecified atom stereocenters. The van der Waals surface area contributed by atoms with Crippen LogP contribution in [0.5, 0.6) is 5.75 Å². The van der Waals surface area contributed by atoms with Gasteiger partial charge in [-0.25, -0.2) is 0 Å². The quantitative estimate of drug-likeness (QED) is 0.322. The topological polar surface area (TPSA) is 80.8 Å². The predicted molar refractivity (Wildman–Crippen MR) is 128 cm³/mol. The molecule has 1 fully saturated rings. The lowest BCUT2D eigenvalue weighted by Crippen LogP contribution is -2.27. The van der Waals surface area contributed by atoms with Crippen molar-refractivity contribution in [3.05, 3.63) is 99.4 Å². The first kappa shape index (κ1) is 23.1. The Bertz CT molecular complexity index is 1350. The van der Waals surface area contributed by atoms with Gasteiger partial charge in [-0.2, -0.15) is 8.42 Å². The van der Waals surface area contributed by atoms with Gasteiger partial charge in [0.1, 0.15) is 10.6 Å². The largest absolute Gasteiger partial charge is 0.379 e. The molecule has 6 nitrogen and oxygen atoms in total. The van der Waals surface area contributed by atoms with Crippen molar-refractivity contribution in [1.82, 2.24) is 4.90 Å². The molecule has 3 aromatic carbocycles. The first-order chi connectivity index (χ1) is 15.7. The summed E-state index contributed by atoms with van der Waals surface area (Å²) in [4.78, 5) is 26.6. The van der Waals surface area contributed by atoms with Crippen molar-refractivity contribution in [2.75, 3.05) is 0 Å². The van der Waals surface area contributed by atoms with E-state index >= 15 is 0 Å². The Hall–Kier alpha value is -3.07. The Kier molecular flexibility index (Phi) is 6.60. The monoisotopic (exact) mass is 499 g/mol. The van der Waals surface area contributed by atoms with Gasteiger partial charge in [-0.05, 0) is 72.3 Å². The lowest BCUT2D eigenvalue weighted by Gasteiger charge is -2.12. The van der Waals surface area contributed by atoms with Crippen LogP contribution in [0.3, 0.4) is 0 Å². The lowest BCUT2D eigenvalue weighted by atomic mass is 10.2. The van der Waals surface area contributed by atoms with Crippen molar-refractivity contribution in [3.63, 3.8) is 0 Å². The van der Waals surface area contributed by atoms with Crippen LogP contribution >= 0.6 is 23.4 Å². The number of rotatable bonds is 6. The van der Waals surface area contributed by atoms with E-state index in [1.807, 2.05) is 6.92 Å². The zero-order valence-corrected chi connectivity index (χ0v) is 19.8. The molecular formula is C24H18ClNO5S2. The van der Waals surface area contributed by atoms with E-state index in [1.54, 1.807) is 54.6 Å². The average molecular weight is 500 g/mol. The summed E-state index contributed by atoms with van der Waals surface area (Å²) in [6.45, 7) is 1.99. The summed E-state index contributed by atoms with van der Waals surface area (Å²) >= 11 is 6.83. The van der Waals surface area contributed by atoms with E-state index < -0.39 is 16.0 Å². The molecule has 0 aliphatic carbocycles. The highest BCUT2D eigenvalue weighted by Crippen LogP contribution is 2.34. The summed E-state index contributed by atoms with van der Waals surface area (Å²) < 4.78 is 30.0. The number of imide groups is 1. The number of carbonyl (C=O) groups is 2. The molecule has 0 atom stereocenters. The number of nitrogens with zero attached hydrogens (tertiary/aromatic N) is 1. The molecule has 9 heteroatoms. The van der Waals surface area contributed by atoms with E-state index in [9.17, 15) is 18.0 Å². The second-order valence-electron chi connectivity index (χ2n) is 7.32. The molecule has 0 saturated carbocycles. The van der Waals surface area contributed by atoms with Gasteiger partial charge in [-0.3, -0.25) is 14.5 Å². The number of hydrogen-bond donors (Lipinski definition) is 0. The third-order valence-corrected chi connectivity index (χ3v) is 7.20. The first-order valence-electron chi connectivity index (χ1n) is 9.82. The van der Waals surface area contributed by atoms with Crippen LogP contribution in [0.15, 0.2) is 82.6 Å². The maximum absolute atomic E-state index is 12.7. The Labute approximate surface area is 200 Å². The maximum atomic E-state index is 12.7. The molecule has 1 saturated heterocycles. The molecule has 0 bridgehead atoms. The highest BCUT2D eigenvalue weighted by Gasteiger charge is 2.35. The van der Waals surface area contributed by atoms with Crippen LogP contribution in [0.4, 0.5) is 4.79 Å². The van der Waals surface area contributed by atoms with Gasteiger partial charge in [-0.1, -0.05) is 53.6 Å². The molecule has 1 heterocycles. The highest BCUT2D eigenvalue weighted by atomic mass is 35.5.